The van der Waals surface area contributed by atoms with Crippen LogP contribution >= 0.6 is 0 Å². The van der Waals surface area contributed by atoms with Crippen LogP contribution in [-0.4, -0.2) is 51.7 Å². The zero-order valence-electron chi connectivity index (χ0n) is 16.3. The Morgan fingerprint density at radius 2 is 1.81 bits per heavy atom. The summed E-state index contributed by atoms with van der Waals surface area (Å²) in [7, 11) is 1.99. The number of nitrogens with zero attached hydrogens (tertiary/aromatic N) is 4. The van der Waals surface area contributed by atoms with Gasteiger partial charge in [0.05, 0.1) is 6.20 Å². The molecule has 0 bridgehead atoms. The molecule has 0 unspecified atom stereocenters. The number of rotatable bonds is 4. The summed E-state index contributed by atoms with van der Waals surface area (Å²) in [5, 5.41) is 4.28. The van der Waals surface area contributed by atoms with Crippen LogP contribution in [0.1, 0.15) is 63.4 Å². The van der Waals surface area contributed by atoms with E-state index < -0.39 is 0 Å². The molecule has 3 heterocycles. The molecule has 1 saturated carbocycles. The number of aromatic nitrogens is 2. The van der Waals surface area contributed by atoms with Gasteiger partial charge in [-0.2, -0.15) is 5.10 Å². The molecule has 1 aliphatic carbocycles. The van der Waals surface area contributed by atoms with Crippen LogP contribution in [0.5, 0.6) is 0 Å². The van der Waals surface area contributed by atoms with Gasteiger partial charge in [0.1, 0.15) is 0 Å². The van der Waals surface area contributed by atoms with Gasteiger partial charge in [-0.15, -0.1) is 0 Å². The molecule has 3 aliphatic rings. The lowest BCUT2D eigenvalue weighted by Crippen LogP contribution is -2.42. The molecule has 26 heavy (non-hydrogen) atoms. The Hall–Kier alpha value is -1.36. The summed E-state index contributed by atoms with van der Waals surface area (Å²) >= 11 is 0. The zero-order valence-corrected chi connectivity index (χ0v) is 16.3. The van der Waals surface area contributed by atoms with Crippen LogP contribution in [0.15, 0.2) is 12.4 Å². The average Bonchev–Trinajstić information content (AvgIpc) is 3.31. The molecule has 5 heteroatoms. The molecule has 0 radical (unpaired) electrons. The van der Waals surface area contributed by atoms with Crippen LogP contribution in [0.4, 0.5) is 0 Å². The van der Waals surface area contributed by atoms with E-state index in [4.69, 9.17) is 0 Å². The van der Waals surface area contributed by atoms with Crippen molar-refractivity contribution in [2.75, 3.05) is 26.2 Å². The Labute approximate surface area is 157 Å². The molecule has 0 N–H and O–H groups in total. The minimum absolute atomic E-state index is 0.426. The van der Waals surface area contributed by atoms with E-state index in [0.717, 1.165) is 26.1 Å². The highest BCUT2D eigenvalue weighted by molar-refractivity contribution is 5.76. The van der Waals surface area contributed by atoms with E-state index in [1.165, 1.54) is 70.0 Å². The summed E-state index contributed by atoms with van der Waals surface area (Å²) in [4.78, 5) is 17.1. The Balaban J connectivity index is 1.21. The molecular formula is C21H34N4O. The van der Waals surface area contributed by atoms with E-state index in [9.17, 15) is 4.79 Å². The van der Waals surface area contributed by atoms with Gasteiger partial charge in [0.2, 0.25) is 5.91 Å². The van der Waals surface area contributed by atoms with Gasteiger partial charge in [0.25, 0.3) is 0 Å². The van der Waals surface area contributed by atoms with Crippen LogP contribution in [0.2, 0.25) is 0 Å². The SMILES string of the molecule is Cn1cc(CN2CCC3(CCC(CC(=O)N4CCCC4)CC3)CC2)cn1. The third kappa shape index (κ3) is 4.13. The fourth-order valence-corrected chi connectivity index (χ4v) is 5.33. The third-order valence-corrected chi connectivity index (χ3v) is 7.17. The fraction of sp³-hybridized carbons (Fsp3) is 0.810. The number of hydrogen-bond acceptors (Lipinski definition) is 3. The molecule has 4 rings (SSSR count). The second-order valence-corrected chi connectivity index (χ2v) is 9.03. The average molecular weight is 359 g/mol. The van der Waals surface area contributed by atoms with Crippen LogP contribution in [0.25, 0.3) is 0 Å². The zero-order chi connectivity index (χ0) is 18.0. The van der Waals surface area contributed by atoms with Crippen molar-refractivity contribution in [3.63, 3.8) is 0 Å². The molecule has 144 valence electrons. The van der Waals surface area contributed by atoms with Gasteiger partial charge in [0.15, 0.2) is 0 Å². The van der Waals surface area contributed by atoms with Crippen molar-refractivity contribution in [1.29, 1.82) is 0 Å². The highest BCUT2D eigenvalue weighted by Gasteiger charge is 2.38. The molecule has 2 saturated heterocycles. The van der Waals surface area contributed by atoms with E-state index in [0.29, 0.717) is 17.2 Å². The lowest BCUT2D eigenvalue weighted by molar-refractivity contribution is -0.131. The second-order valence-electron chi connectivity index (χ2n) is 9.03. The second kappa shape index (κ2) is 7.71. The van der Waals surface area contributed by atoms with Gasteiger partial charge in [0, 0.05) is 44.9 Å². The maximum atomic E-state index is 12.4. The molecule has 3 fully saturated rings. The lowest BCUT2D eigenvalue weighted by Gasteiger charge is -2.46. The van der Waals surface area contributed by atoms with Crippen molar-refractivity contribution in [2.24, 2.45) is 18.4 Å². The molecule has 2 aliphatic heterocycles. The van der Waals surface area contributed by atoms with Gasteiger partial charge in [-0.05, 0) is 75.8 Å². The predicted molar refractivity (Wildman–Crippen MR) is 103 cm³/mol. The third-order valence-electron chi connectivity index (χ3n) is 7.17. The Kier molecular flexibility index (Phi) is 5.35. The van der Waals surface area contributed by atoms with Gasteiger partial charge in [-0.1, -0.05) is 0 Å². The highest BCUT2D eigenvalue weighted by Crippen LogP contribution is 2.47. The quantitative estimate of drug-likeness (QED) is 0.830. The minimum Gasteiger partial charge on any atom is -0.343 e. The van der Waals surface area contributed by atoms with Crippen molar-refractivity contribution in [3.05, 3.63) is 18.0 Å². The summed E-state index contributed by atoms with van der Waals surface area (Å²) in [6.07, 6.45) is 15.2. The fourth-order valence-electron chi connectivity index (χ4n) is 5.33. The molecule has 1 aromatic rings. The molecule has 1 amide bonds. The van der Waals surface area contributed by atoms with E-state index in [2.05, 4.69) is 21.1 Å². The Morgan fingerprint density at radius 3 is 2.42 bits per heavy atom. The van der Waals surface area contributed by atoms with E-state index in [1.807, 2.05) is 17.9 Å². The Bertz CT molecular complexity index is 601. The molecule has 0 aromatic carbocycles. The first-order chi connectivity index (χ1) is 12.6. The van der Waals surface area contributed by atoms with Crippen molar-refractivity contribution < 1.29 is 4.79 Å². The molecule has 1 aromatic heterocycles. The van der Waals surface area contributed by atoms with Crippen molar-refractivity contribution in [1.82, 2.24) is 19.6 Å². The van der Waals surface area contributed by atoms with Gasteiger partial charge in [-0.3, -0.25) is 14.4 Å². The van der Waals surface area contributed by atoms with Gasteiger partial charge >= 0.3 is 0 Å². The number of piperidine rings is 1. The Morgan fingerprint density at radius 1 is 1.12 bits per heavy atom. The summed E-state index contributed by atoms with van der Waals surface area (Å²) in [6, 6.07) is 0. The summed E-state index contributed by atoms with van der Waals surface area (Å²) in [5.74, 6) is 1.07. The first kappa shape index (κ1) is 18.0. The van der Waals surface area contributed by atoms with Crippen LogP contribution < -0.4 is 0 Å². The molecular weight excluding hydrogens is 324 g/mol. The molecule has 5 nitrogen and oxygen atoms in total. The normalized spacial score (nSPS) is 24.4. The lowest BCUT2D eigenvalue weighted by atomic mass is 9.65. The molecule has 0 atom stereocenters. The van der Waals surface area contributed by atoms with Crippen LogP contribution in [0.3, 0.4) is 0 Å². The first-order valence-corrected chi connectivity index (χ1v) is 10.6. The summed E-state index contributed by atoms with van der Waals surface area (Å²) in [5.41, 5.74) is 1.89. The number of amides is 1. The smallest absolute Gasteiger partial charge is 0.222 e. The first-order valence-electron chi connectivity index (χ1n) is 10.6. The summed E-state index contributed by atoms with van der Waals surface area (Å²) in [6.45, 7) is 5.47. The summed E-state index contributed by atoms with van der Waals surface area (Å²) < 4.78 is 1.89. The number of likely N-dealkylation sites (tertiary alicyclic amines) is 2. The largest absolute Gasteiger partial charge is 0.343 e. The highest BCUT2D eigenvalue weighted by atomic mass is 16.2. The molecule has 1 spiro atoms. The van der Waals surface area contributed by atoms with E-state index >= 15 is 0 Å². The maximum absolute atomic E-state index is 12.4. The van der Waals surface area contributed by atoms with Crippen molar-refractivity contribution in [3.8, 4) is 0 Å². The van der Waals surface area contributed by atoms with E-state index in [1.54, 1.807) is 0 Å². The van der Waals surface area contributed by atoms with Gasteiger partial charge in [-0.25, -0.2) is 0 Å². The monoisotopic (exact) mass is 358 g/mol. The minimum atomic E-state index is 0.426. The maximum Gasteiger partial charge on any atom is 0.222 e. The van der Waals surface area contributed by atoms with Crippen LogP contribution in [-0.2, 0) is 18.4 Å². The topological polar surface area (TPSA) is 41.4 Å². The standard InChI is InChI=1S/C21H34N4O/c1-23-16-19(15-22-23)17-24-12-8-21(9-13-24)6-4-18(5-7-21)14-20(26)25-10-2-3-11-25/h15-16,18H,2-14,17H2,1H3. The number of hydrogen-bond donors (Lipinski definition) is 0. The number of aryl methyl sites for hydroxylation is 1. The number of carbonyl (C=O) groups excluding carboxylic acids is 1. The van der Waals surface area contributed by atoms with Crippen LogP contribution in [0, 0.1) is 11.3 Å². The van der Waals surface area contributed by atoms with Crippen molar-refractivity contribution >= 4 is 5.91 Å². The predicted octanol–water partition coefficient (Wildman–Crippen LogP) is 3.21. The van der Waals surface area contributed by atoms with Crippen molar-refractivity contribution in [2.45, 2.75) is 64.3 Å². The van der Waals surface area contributed by atoms with Gasteiger partial charge < -0.3 is 4.90 Å². The number of carbonyl (C=O) groups is 1. The van der Waals surface area contributed by atoms with E-state index in [-0.39, 0.29) is 0 Å².